The van der Waals surface area contributed by atoms with Crippen molar-refractivity contribution >= 4 is 37.6 Å². The number of benzene rings is 3. The number of hydrogen-bond donors (Lipinski definition) is 0. The van der Waals surface area contributed by atoms with Gasteiger partial charge in [-0.1, -0.05) is 48.5 Å². The van der Waals surface area contributed by atoms with Crippen LogP contribution in [-0.2, 0) is 10.0 Å². The van der Waals surface area contributed by atoms with E-state index in [2.05, 4.69) is 0 Å². The second kappa shape index (κ2) is 5.57. The van der Waals surface area contributed by atoms with Crippen LogP contribution in [0.5, 0.6) is 0 Å². The molecule has 0 unspecified atom stereocenters. The highest BCUT2D eigenvalue weighted by atomic mass is 32.2. The third-order valence-electron chi connectivity index (χ3n) is 4.32. The number of fused-ring (bicyclic) bond motifs is 3. The van der Waals surface area contributed by atoms with E-state index >= 15 is 0 Å². The molecular formula is C20H15NO3S. The van der Waals surface area contributed by atoms with Crippen molar-refractivity contribution in [3.63, 3.8) is 0 Å². The fraction of sp³-hybridized carbons (Fsp3) is 0.0500. The van der Waals surface area contributed by atoms with Gasteiger partial charge >= 0.3 is 0 Å². The molecular weight excluding hydrogens is 334 g/mol. The molecule has 0 aliphatic rings. The van der Waals surface area contributed by atoms with Crippen molar-refractivity contribution < 1.29 is 13.2 Å². The number of carbonyl (C=O) groups is 1. The first-order valence-electron chi connectivity index (χ1n) is 7.85. The quantitative estimate of drug-likeness (QED) is 0.520. The van der Waals surface area contributed by atoms with Crippen molar-refractivity contribution in [2.75, 3.05) is 0 Å². The maximum absolute atomic E-state index is 13.3. The van der Waals surface area contributed by atoms with E-state index in [1.54, 1.807) is 48.5 Å². The third kappa shape index (κ3) is 2.36. The molecule has 1 aromatic heterocycles. The lowest BCUT2D eigenvalue weighted by Crippen LogP contribution is -2.12. The van der Waals surface area contributed by atoms with Gasteiger partial charge in [-0.3, -0.25) is 4.79 Å². The van der Waals surface area contributed by atoms with Crippen LogP contribution in [0.2, 0.25) is 0 Å². The summed E-state index contributed by atoms with van der Waals surface area (Å²) in [6, 6.07) is 20.9. The highest BCUT2D eigenvalue weighted by molar-refractivity contribution is 7.90. The molecule has 124 valence electrons. The Morgan fingerprint density at radius 3 is 2.16 bits per heavy atom. The summed E-state index contributed by atoms with van der Waals surface area (Å²) in [5.41, 5.74) is 1.60. The minimum absolute atomic E-state index is 0.101. The fourth-order valence-electron chi connectivity index (χ4n) is 3.11. The summed E-state index contributed by atoms with van der Waals surface area (Å²) in [4.78, 5) is 12.0. The third-order valence-corrected chi connectivity index (χ3v) is 6.06. The van der Waals surface area contributed by atoms with E-state index in [1.165, 1.54) is 10.9 Å². The minimum Gasteiger partial charge on any atom is -0.295 e. The summed E-state index contributed by atoms with van der Waals surface area (Å²) < 4.78 is 27.9. The zero-order valence-electron chi connectivity index (χ0n) is 13.5. The second-order valence-electron chi connectivity index (χ2n) is 5.89. The van der Waals surface area contributed by atoms with Crippen molar-refractivity contribution in [1.82, 2.24) is 3.97 Å². The monoisotopic (exact) mass is 349 g/mol. The smallest absolute Gasteiger partial charge is 0.268 e. The van der Waals surface area contributed by atoms with E-state index in [1.807, 2.05) is 24.3 Å². The van der Waals surface area contributed by atoms with Crippen molar-refractivity contribution in [2.24, 2.45) is 0 Å². The van der Waals surface area contributed by atoms with Crippen LogP contribution in [-0.4, -0.2) is 18.2 Å². The number of nitrogens with zero attached hydrogens (tertiary/aromatic N) is 1. The Kier molecular flexibility index (Phi) is 3.47. The molecule has 3 aromatic carbocycles. The van der Waals surface area contributed by atoms with Crippen LogP contribution in [0.15, 0.2) is 77.7 Å². The molecule has 0 spiro atoms. The largest absolute Gasteiger partial charge is 0.295 e. The Bertz CT molecular complexity index is 1220. The molecule has 0 saturated heterocycles. The molecule has 0 bridgehead atoms. The second-order valence-corrected chi connectivity index (χ2v) is 7.67. The van der Waals surface area contributed by atoms with Gasteiger partial charge in [0.2, 0.25) is 0 Å². The lowest BCUT2D eigenvalue weighted by molar-refractivity contribution is 0.101. The molecule has 25 heavy (non-hydrogen) atoms. The van der Waals surface area contributed by atoms with Crippen molar-refractivity contribution in [1.29, 1.82) is 0 Å². The van der Waals surface area contributed by atoms with Crippen molar-refractivity contribution in [3.8, 4) is 0 Å². The molecule has 0 N–H and O–H groups in total. The van der Waals surface area contributed by atoms with Gasteiger partial charge in [-0.2, -0.15) is 0 Å². The minimum atomic E-state index is -3.79. The Balaban J connectivity index is 2.17. The molecule has 0 saturated carbocycles. The van der Waals surface area contributed by atoms with Crippen molar-refractivity contribution in [3.05, 3.63) is 78.4 Å². The van der Waals surface area contributed by atoms with Crippen LogP contribution in [0.25, 0.3) is 21.8 Å². The van der Waals surface area contributed by atoms with Gasteiger partial charge < -0.3 is 0 Å². The molecule has 0 fully saturated rings. The summed E-state index contributed by atoms with van der Waals surface area (Å²) in [6.07, 6.45) is 0. The SMILES string of the molecule is CC(=O)c1ccc2c3ccccc3n(S(=O)(=O)c3ccccc3)c2c1. The maximum Gasteiger partial charge on any atom is 0.268 e. The predicted molar refractivity (Wildman–Crippen MR) is 98.5 cm³/mol. The Hall–Kier alpha value is -2.92. The lowest BCUT2D eigenvalue weighted by Gasteiger charge is -2.09. The highest BCUT2D eigenvalue weighted by Crippen LogP contribution is 2.33. The predicted octanol–water partition coefficient (Wildman–Crippen LogP) is 4.23. The van der Waals surface area contributed by atoms with Crippen molar-refractivity contribution in [2.45, 2.75) is 11.8 Å². The van der Waals surface area contributed by atoms with Crippen LogP contribution in [0.4, 0.5) is 0 Å². The van der Waals surface area contributed by atoms with Gasteiger partial charge in [0, 0.05) is 16.3 Å². The van der Waals surface area contributed by atoms with Crippen LogP contribution in [0.1, 0.15) is 17.3 Å². The summed E-state index contributed by atoms with van der Waals surface area (Å²) in [5, 5.41) is 1.65. The highest BCUT2D eigenvalue weighted by Gasteiger charge is 2.23. The first kappa shape index (κ1) is 15.6. The van der Waals surface area contributed by atoms with E-state index in [4.69, 9.17) is 0 Å². The van der Waals surface area contributed by atoms with E-state index in [-0.39, 0.29) is 10.7 Å². The van der Waals surface area contributed by atoms with Crippen LogP contribution in [0.3, 0.4) is 0 Å². The Morgan fingerprint density at radius 1 is 0.800 bits per heavy atom. The maximum atomic E-state index is 13.3. The number of para-hydroxylation sites is 1. The van der Waals surface area contributed by atoms with Gasteiger partial charge in [0.1, 0.15) is 0 Å². The summed E-state index contributed by atoms with van der Waals surface area (Å²) in [5.74, 6) is -0.101. The van der Waals surface area contributed by atoms with Crippen LogP contribution in [0, 0.1) is 0 Å². The zero-order chi connectivity index (χ0) is 17.6. The van der Waals surface area contributed by atoms with E-state index in [9.17, 15) is 13.2 Å². The van der Waals surface area contributed by atoms with Crippen LogP contribution >= 0.6 is 0 Å². The summed E-state index contributed by atoms with van der Waals surface area (Å²) in [7, 11) is -3.79. The normalized spacial score (nSPS) is 11.9. The van der Waals surface area contributed by atoms with E-state index < -0.39 is 10.0 Å². The summed E-state index contributed by atoms with van der Waals surface area (Å²) in [6.45, 7) is 1.47. The summed E-state index contributed by atoms with van der Waals surface area (Å²) >= 11 is 0. The Labute approximate surface area is 145 Å². The first-order valence-corrected chi connectivity index (χ1v) is 9.29. The number of aromatic nitrogens is 1. The molecule has 0 amide bonds. The molecule has 0 radical (unpaired) electrons. The standard InChI is InChI=1S/C20H15NO3S/c1-14(22)15-11-12-18-17-9-5-6-10-19(17)21(20(18)13-15)25(23,24)16-7-3-2-4-8-16/h2-13H,1H3. The van der Waals surface area contributed by atoms with E-state index in [0.29, 0.717) is 16.6 Å². The van der Waals surface area contributed by atoms with Gasteiger partial charge in [-0.15, -0.1) is 0 Å². The van der Waals surface area contributed by atoms with Crippen LogP contribution < -0.4 is 0 Å². The molecule has 4 nitrogen and oxygen atoms in total. The van der Waals surface area contributed by atoms with E-state index in [0.717, 1.165) is 10.8 Å². The number of Topliss-reactive ketones (excluding diaryl/α,β-unsaturated/α-hetero) is 1. The molecule has 4 aromatic rings. The fourth-order valence-corrected chi connectivity index (χ4v) is 4.65. The average Bonchev–Trinajstić information content (AvgIpc) is 2.96. The topological polar surface area (TPSA) is 56.1 Å². The number of rotatable bonds is 3. The number of carbonyl (C=O) groups excluding carboxylic acids is 1. The molecule has 0 aliphatic heterocycles. The molecule has 0 atom stereocenters. The molecule has 4 rings (SSSR count). The molecule has 0 aliphatic carbocycles. The van der Waals surface area contributed by atoms with Gasteiger partial charge in [0.15, 0.2) is 5.78 Å². The average molecular weight is 349 g/mol. The Morgan fingerprint density at radius 2 is 1.44 bits per heavy atom. The lowest BCUT2D eigenvalue weighted by atomic mass is 10.1. The number of hydrogen-bond acceptors (Lipinski definition) is 3. The number of ketones is 1. The first-order chi connectivity index (χ1) is 12.0. The van der Waals surface area contributed by atoms with Gasteiger partial charge in [0.05, 0.1) is 15.9 Å². The van der Waals surface area contributed by atoms with Gasteiger partial charge in [-0.05, 0) is 31.2 Å². The van der Waals surface area contributed by atoms with Gasteiger partial charge in [-0.25, -0.2) is 12.4 Å². The molecule has 5 heteroatoms. The zero-order valence-corrected chi connectivity index (χ0v) is 14.3. The molecule has 1 heterocycles. The van der Waals surface area contributed by atoms with Gasteiger partial charge in [0.25, 0.3) is 10.0 Å².